The number of hydrogen-bond donors (Lipinski definition) is 3. The summed E-state index contributed by atoms with van der Waals surface area (Å²) in [5.74, 6) is -1.96. The number of aliphatic hydroxyl groups is 1. The fraction of sp³-hybridized carbons (Fsp3) is 0.417. The number of aliphatic hydroxyl groups excluding tert-OH is 1. The number of nitrogens with one attached hydrogen (secondary N) is 1. The molecule has 1 fully saturated rings. The topological polar surface area (TPSA) is 89.9 Å². The Kier molecular flexibility index (Phi) is 8.47. The van der Waals surface area contributed by atoms with Crippen molar-refractivity contribution in [2.45, 2.75) is 44.2 Å². The van der Waals surface area contributed by atoms with Gasteiger partial charge in [0.05, 0.1) is 12.1 Å². The molecular formula is C24H28ClFN2O4. The standard InChI is InChI=1S/C24H28ClFN2O4/c25-18-3-1-2-16(14-18)12-13-28(15-23(30)31)24(32)17-4-10-21(22(29)11-5-17)27-20-8-6-19(26)7-9-20/h1-3,6-9,14,17,21-22,27,29H,4-5,10-13,15H2,(H,30,31)/t17-,21+,22+/m1/s1. The molecule has 8 heteroatoms. The number of anilines is 1. The van der Waals surface area contributed by atoms with Gasteiger partial charge in [0.2, 0.25) is 5.91 Å². The van der Waals surface area contributed by atoms with Crippen molar-refractivity contribution in [3.05, 3.63) is 64.9 Å². The Labute approximate surface area is 192 Å². The van der Waals surface area contributed by atoms with Crippen molar-refractivity contribution in [1.82, 2.24) is 4.90 Å². The van der Waals surface area contributed by atoms with Gasteiger partial charge in [0.15, 0.2) is 0 Å². The lowest BCUT2D eigenvalue weighted by Gasteiger charge is -2.25. The number of carboxylic acid groups (broad SMARTS) is 1. The summed E-state index contributed by atoms with van der Waals surface area (Å²) in [6, 6.07) is 12.9. The summed E-state index contributed by atoms with van der Waals surface area (Å²) in [4.78, 5) is 25.9. The summed E-state index contributed by atoms with van der Waals surface area (Å²) in [5, 5.41) is 23.7. The largest absolute Gasteiger partial charge is 0.480 e. The highest BCUT2D eigenvalue weighted by Gasteiger charge is 2.32. The van der Waals surface area contributed by atoms with Crippen molar-refractivity contribution in [3.8, 4) is 0 Å². The minimum Gasteiger partial charge on any atom is -0.480 e. The molecule has 3 atom stereocenters. The molecule has 0 aromatic heterocycles. The predicted molar refractivity (Wildman–Crippen MR) is 121 cm³/mol. The monoisotopic (exact) mass is 462 g/mol. The Bertz CT molecular complexity index is 924. The van der Waals surface area contributed by atoms with Gasteiger partial charge in [0, 0.05) is 23.2 Å². The zero-order valence-electron chi connectivity index (χ0n) is 17.7. The van der Waals surface area contributed by atoms with Crippen LogP contribution < -0.4 is 5.32 Å². The number of halogens is 2. The van der Waals surface area contributed by atoms with Gasteiger partial charge in [0.1, 0.15) is 12.4 Å². The van der Waals surface area contributed by atoms with Crippen molar-refractivity contribution < 1.29 is 24.2 Å². The molecule has 172 valence electrons. The summed E-state index contributed by atoms with van der Waals surface area (Å²) < 4.78 is 13.1. The fourth-order valence-electron chi connectivity index (χ4n) is 4.11. The molecule has 1 aliphatic rings. The number of aliphatic carboxylic acids is 1. The molecule has 0 bridgehead atoms. The molecule has 2 aromatic rings. The van der Waals surface area contributed by atoms with Crippen LogP contribution in [-0.2, 0) is 16.0 Å². The zero-order chi connectivity index (χ0) is 23.1. The molecule has 1 amide bonds. The highest BCUT2D eigenvalue weighted by molar-refractivity contribution is 6.30. The second kappa shape index (κ2) is 11.3. The van der Waals surface area contributed by atoms with E-state index in [1.54, 1.807) is 24.3 Å². The van der Waals surface area contributed by atoms with Crippen LogP contribution in [0.25, 0.3) is 0 Å². The molecule has 3 rings (SSSR count). The Morgan fingerprint density at radius 1 is 1.09 bits per heavy atom. The van der Waals surface area contributed by atoms with Gasteiger partial charge < -0.3 is 20.4 Å². The van der Waals surface area contributed by atoms with E-state index in [0.717, 1.165) is 5.56 Å². The molecule has 0 aliphatic heterocycles. The van der Waals surface area contributed by atoms with Crippen LogP contribution >= 0.6 is 11.6 Å². The molecule has 1 aliphatic carbocycles. The van der Waals surface area contributed by atoms with E-state index in [2.05, 4.69) is 5.32 Å². The third-order valence-corrected chi connectivity index (χ3v) is 6.08. The second-order valence-corrected chi connectivity index (χ2v) is 8.65. The molecule has 32 heavy (non-hydrogen) atoms. The third kappa shape index (κ3) is 6.93. The summed E-state index contributed by atoms with van der Waals surface area (Å²) in [6.45, 7) is -0.0858. The average molecular weight is 463 g/mol. The van der Waals surface area contributed by atoms with Gasteiger partial charge in [-0.25, -0.2) is 4.39 Å². The van der Waals surface area contributed by atoms with Gasteiger partial charge in [-0.3, -0.25) is 9.59 Å². The summed E-state index contributed by atoms with van der Waals surface area (Å²) in [7, 11) is 0. The average Bonchev–Trinajstić information content (AvgIpc) is 2.94. The van der Waals surface area contributed by atoms with Crippen molar-refractivity contribution in [2.24, 2.45) is 5.92 Å². The second-order valence-electron chi connectivity index (χ2n) is 8.21. The molecular weight excluding hydrogens is 435 g/mol. The van der Waals surface area contributed by atoms with Gasteiger partial charge in [-0.15, -0.1) is 0 Å². The predicted octanol–water partition coefficient (Wildman–Crippen LogP) is 3.97. The normalized spacial score (nSPS) is 20.9. The first-order chi connectivity index (χ1) is 15.3. The molecule has 6 nitrogen and oxygen atoms in total. The minimum atomic E-state index is -1.06. The Morgan fingerprint density at radius 2 is 1.81 bits per heavy atom. The van der Waals surface area contributed by atoms with Crippen LogP contribution in [0.1, 0.15) is 31.2 Å². The van der Waals surface area contributed by atoms with Crippen molar-refractivity contribution in [2.75, 3.05) is 18.4 Å². The lowest BCUT2D eigenvalue weighted by Crippen LogP contribution is -2.41. The lowest BCUT2D eigenvalue weighted by atomic mass is 9.98. The molecule has 0 heterocycles. The van der Waals surface area contributed by atoms with Crippen LogP contribution in [0.5, 0.6) is 0 Å². The van der Waals surface area contributed by atoms with Crippen LogP contribution in [0, 0.1) is 11.7 Å². The zero-order valence-corrected chi connectivity index (χ0v) is 18.5. The van der Waals surface area contributed by atoms with Crippen molar-refractivity contribution in [3.63, 3.8) is 0 Å². The number of carbonyl (C=O) groups excluding carboxylic acids is 1. The SMILES string of the molecule is O=C(O)CN(CCc1cccc(Cl)c1)C(=O)[C@@H]1CC[C@H](Nc2ccc(F)cc2)[C@@H](O)CC1. The van der Waals surface area contributed by atoms with Crippen LogP contribution in [-0.4, -0.2) is 52.2 Å². The van der Waals surface area contributed by atoms with E-state index in [1.807, 2.05) is 12.1 Å². The van der Waals surface area contributed by atoms with Gasteiger partial charge in [-0.05, 0) is 74.1 Å². The molecule has 2 aromatic carbocycles. The van der Waals surface area contributed by atoms with Gasteiger partial charge in [-0.2, -0.15) is 0 Å². The Hall–Kier alpha value is -2.64. The lowest BCUT2D eigenvalue weighted by molar-refractivity contribution is -0.146. The number of carbonyl (C=O) groups is 2. The summed E-state index contributed by atoms with van der Waals surface area (Å²) in [6.07, 6.45) is 1.83. The first-order valence-electron chi connectivity index (χ1n) is 10.8. The fourth-order valence-corrected chi connectivity index (χ4v) is 4.32. The molecule has 0 spiro atoms. The molecule has 3 N–H and O–H groups in total. The van der Waals surface area contributed by atoms with Gasteiger partial charge in [0.25, 0.3) is 0 Å². The van der Waals surface area contributed by atoms with E-state index in [0.29, 0.717) is 42.8 Å². The first kappa shape index (κ1) is 24.0. The van der Waals surface area contributed by atoms with Gasteiger partial charge >= 0.3 is 5.97 Å². The minimum absolute atomic E-state index is 0.205. The van der Waals surface area contributed by atoms with E-state index in [9.17, 15) is 24.2 Å². The van der Waals surface area contributed by atoms with Crippen LogP contribution in [0.4, 0.5) is 10.1 Å². The van der Waals surface area contributed by atoms with Crippen LogP contribution in [0.3, 0.4) is 0 Å². The van der Waals surface area contributed by atoms with Gasteiger partial charge in [-0.1, -0.05) is 23.7 Å². The first-order valence-corrected chi connectivity index (χ1v) is 11.1. The van der Waals surface area contributed by atoms with Crippen molar-refractivity contribution in [1.29, 1.82) is 0 Å². The van der Waals surface area contributed by atoms with Crippen LogP contribution in [0.2, 0.25) is 5.02 Å². The molecule has 1 saturated carbocycles. The number of hydrogen-bond acceptors (Lipinski definition) is 4. The molecule has 0 saturated heterocycles. The summed E-state index contributed by atoms with van der Waals surface area (Å²) >= 11 is 6.02. The van der Waals surface area contributed by atoms with Crippen molar-refractivity contribution >= 4 is 29.2 Å². The highest BCUT2D eigenvalue weighted by atomic mass is 35.5. The summed E-state index contributed by atoms with van der Waals surface area (Å²) in [5.41, 5.74) is 1.63. The van der Waals surface area contributed by atoms with E-state index in [-0.39, 0.29) is 36.8 Å². The van der Waals surface area contributed by atoms with E-state index in [4.69, 9.17) is 11.6 Å². The third-order valence-electron chi connectivity index (χ3n) is 5.84. The maximum atomic E-state index is 13.2. The highest BCUT2D eigenvalue weighted by Crippen LogP contribution is 2.28. The maximum Gasteiger partial charge on any atom is 0.323 e. The number of nitrogens with zero attached hydrogens (tertiary/aromatic N) is 1. The maximum absolute atomic E-state index is 13.2. The van der Waals surface area contributed by atoms with E-state index in [1.165, 1.54) is 17.0 Å². The number of benzene rings is 2. The smallest absolute Gasteiger partial charge is 0.323 e. The van der Waals surface area contributed by atoms with E-state index >= 15 is 0 Å². The number of rotatable bonds is 8. The quantitative estimate of drug-likeness (QED) is 0.516. The van der Waals surface area contributed by atoms with E-state index < -0.39 is 12.1 Å². The number of amides is 1. The van der Waals surface area contributed by atoms with Crippen LogP contribution in [0.15, 0.2) is 48.5 Å². The molecule has 0 radical (unpaired) electrons. The number of carboxylic acids is 1. The Morgan fingerprint density at radius 3 is 2.50 bits per heavy atom. The molecule has 0 unspecified atom stereocenters. The Balaban J connectivity index is 1.62.